The van der Waals surface area contributed by atoms with E-state index in [1.165, 1.54) is 11.5 Å². The highest BCUT2D eigenvalue weighted by atomic mass is 32.1. The van der Waals surface area contributed by atoms with E-state index in [1.54, 1.807) is 0 Å². The molecule has 68 valence electrons. The Morgan fingerprint density at radius 1 is 1.67 bits per heavy atom. The molecule has 0 aromatic carbocycles. The summed E-state index contributed by atoms with van der Waals surface area (Å²) in [5, 5.41) is 4.06. The van der Waals surface area contributed by atoms with Gasteiger partial charge in [-0.1, -0.05) is 6.92 Å². The molecule has 1 aromatic heterocycles. The molecule has 0 fully saturated rings. The van der Waals surface area contributed by atoms with Gasteiger partial charge in [0, 0.05) is 18.1 Å². The number of hydrogen-bond acceptors (Lipinski definition) is 5. The summed E-state index contributed by atoms with van der Waals surface area (Å²) >= 11 is 1.39. The van der Waals surface area contributed by atoms with Gasteiger partial charge in [-0.3, -0.25) is 0 Å². The molecule has 0 amide bonds. The summed E-state index contributed by atoms with van der Waals surface area (Å²) in [6, 6.07) is 0. The quantitative estimate of drug-likeness (QED) is 0.732. The van der Waals surface area contributed by atoms with Crippen LogP contribution in [0, 0.1) is 12.8 Å². The number of aromatic nitrogens is 2. The van der Waals surface area contributed by atoms with Gasteiger partial charge in [0.25, 0.3) is 0 Å². The van der Waals surface area contributed by atoms with Gasteiger partial charge < -0.3 is 11.1 Å². The average Bonchev–Trinajstić information content (AvgIpc) is 2.47. The molecule has 0 aliphatic carbocycles. The van der Waals surface area contributed by atoms with Crippen LogP contribution in [0.1, 0.15) is 12.7 Å². The Balaban J connectivity index is 2.33. The summed E-state index contributed by atoms with van der Waals surface area (Å²) in [4.78, 5) is 4.17. The van der Waals surface area contributed by atoms with Crippen LogP contribution in [-0.2, 0) is 0 Å². The first-order chi connectivity index (χ1) is 5.72. The van der Waals surface area contributed by atoms with Crippen molar-refractivity contribution in [1.82, 2.24) is 9.36 Å². The first kappa shape index (κ1) is 9.41. The van der Waals surface area contributed by atoms with Crippen molar-refractivity contribution in [3.05, 3.63) is 5.82 Å². The Kier molecular flexibility index (Phi) is 3.43. The molecule has 3 N–H and O–H groups in total. The largest absolute Gasteiger partial charge is 0.360 e. The number of anilines is 1. The van der Waals surface area contributed by atoms with E-state index >= 15 is 0 Å². The number of nitrogens with one attached hydrogen (secondary N) is 1. The summed E-state index contributed by atoms with van der Waals surface area (Å²) in [5.41, 5.74) is 5.47. The lowest BCUT2D eigenvalue weighted by Crippen LogP contribution is -2.19. The molecule has 0 radical (unpaired) electrons. The molecule has 1 aromatic rings. The molecule has 12 heavy (non-hydrogen) atoms. The molecule has 5 heteroatoms. The van der Waals surface area contributed by atoms with Gasteiger partial charge in [0.15, 0.2) is 0 Å². The highest BCUT2D eigenvalue weighted by Gasteiger charge is 2.01. The smallest absolute Gasteiger partial charge is 0.202 e. The second-order valence-corrected chi connectivity index (χ2v) is 3.62. The van der Waals surface area contributed by atoms with Crippen molar-refractivity contribution in [3.8, 4) is 0 Å². The average molecular weight is 186 g/mol. The Labute approximate surface area is 76.4 Å². The SMILES string of the molecule is Cc1nsc(NCC(C)CN)n1. The van der Waals surface area contributed by atoms with Gasteiger partial charge >= 0.3 is 0 Å². The summed E-state index contributed by atoms with van der Waals surface area (Å²) in [7, 11) is 0. The zero-order valence-corrected chi connectivity index (χ0v) is 8.19. The van der Waals surface area contributed by atoms with Crippen molar-refractivity contribution in [2.75, 3.05) is 18.4 Å². The fourth-order valence-corrected chi connectivity index (χ4v) is 1.29. The van der Waals surface area contributed by atoms with Crippen molar-refractivity contribution in [3.63, 3.8) is 0 Å². The molecule has 1 unspecified atom stereocenters. The van der Waals surface area contributed by atoms with Gasteiger partial charge in [-0.25, -0.2) is 4.98 Å². The van der Waals surface area contributed by atoms with Crippen LogP contribution in [0.3, 0.4) is 0 Å². The van der Waals surface area contributed by atoms with E-state index in [0.29, 0.717) is 12.5 Å². The number of nitrogens with zero attached hydrogens (tertiary/aromatic N) is 2. The molecule has 1 heterocycles. The van der Waals surface area contributed by atoms with Crippen molar-refractivity contribution in [1.29, 1.82) is 0 Å². The van der Waals surface area contributed by atoms with Crippen molar-refractivity contribution in [2.24, 2.45) is 11.7 Å². The number of aryl methyl sites for hydroxylation is 1. The van der Waals surface area contributed by atoms with E-state index in [1.807, 2.05) is 6.92 Å². The molecular weight excluding hydrogens is 172 g/mol. The standard InChI is InChI=1S/C7H14N4S/c1-5(3-8)4-9-7-10-6(2)11-12-7/h5H,3-4,8H2,1-2H3,(H,9,10,11). The van der Waals surface area contributed by atoms with Crippen molar-refractivity contribution in [2.45, 2.75) is 13.8 Å². The van der Waals surface area contributed by atoms with Crippen molar-refractivity contribution < 1.29 is 0 Å². The Morgan fingerprint density at radius 3 is 2.92 bits per heavy atom. The fourth-order valence-electron chi connectivity index (χ4n) is 0.714. The molecule has 4 nitrogen and oxygen atoms in total. The van der Waals surface area contributed by atoms with Gasteiger partial charge in [-0.2, -0.15) is 4.37 Å². The maximum atomic E-state index is 5.47. The van der Waals surface area contributed by atoms with Crippen molar-refractivity contribution >= 4 is 16.7 Å². The van der Waals surface area contributed by atoms with E-state index in [-0.39, 0.29) is 0 Å². The zero-order chi connectivity index (χ0) is 8.97. The Hall–Kier alpha value is -0.680. The number of rotatable bonds is 4. The van der Waals surface area contributed by atoms with Crippen LogP contribution in [0.5, 0.6) is 0 Å². The fraction of sp³-hybridized carbons (Fsp3) is 0.714. The normalized spacial score (nSPS) is 12.9. The highest BCUT2D eigenvalue weighted by Crippen LogP contribution is 2.10. The van der Waals surface area contributed by atoms with E-state index < -0.39 is 0 Å². The second-order valence-electron chi connectivity index (χ2n) is 2.87. The first-order valence-corrected chi connectivity index (χ1v) is 4.74. The Bertz CT molecular complexity index is 235. The first-order valence-electron chi connectivity index (χ1n) is 3.96. The van der Waals surface area contributed by atoms with Crippen LogP contribution in [0.4, 0.5) is 5.13 Å². The monoisotopic (exact) mass is 186 g/mol. The van der Waals surface area contributed by atoms with Crippen LogP contribution >= 0.6 is 11.5 Å². The van der Waals surface area contributed by atoms with Gasteiger partial charge in [0.05, 0.1) is 0 Å². The topological polar surface area (TPSA) is 63.8 Å². The molecule has 0 saturated carbocycles. The third kappa shape index (κ3) is 2.75. The van der Waals surface area contributed by atoms with Crippen LogP contribution in [0.15, 0.2) is 0 Å². The highest BCUT2D eigenvalue weighted by molar-refractivity contribution is 7.09. The zero-order valence-electron chi connectivity index (χ0n) is 7.37. The number of hydrogen-bond donors (Lipinski definition) is 2. The van der Waals surface area contributed by atoms with Crippen LogP contribution in [0.2, 0.25) is 0 Å². The molecule has 0 bridgehead atoms. The predicted molar refractivity (Wildman–Crippen MR) is 51.4 cm³/mol. The maximum absolute atomic E-state index is 5.47. The maximum Gasteiger partial charge on any atom is 0.202 e. The minimum Gasteiger partial charge on any atom is -0.360 e. The van der Waals surface area contributed by atoms with Crippen LogP contribution in [-0.4, -0.2) is 22.4 Å². The summed E-state index contributed by atoms with van der Waals surface area (Å²) in [6.45, 7) is 5.55. The van der Waals surface area contributed by atoms with Crippen LogP contribution < -0.4 is 11.1 Å². The third-order valence-electron chi connectivity index (χ3n) is 1.53. The lowest BCUT2D eigenvalue weighted by atomic mass is 10.2. The summed E-state index contributed by atoms with van der Waals surface area (Å²) in [5.74, 6) is 1.30. The van der Waals surface area contributed by atoms with Crippen LogP contribution in [0.25, 0.3) is 0 Å². The number of nitrogens with two attached hydrogens (primary N) is 1. The van der Waals surface area contributed by atoms with Gasteiger partial charge in [-0.05, 0) is 19.4 Å². The predicted octanol–water partition coefficient (Wildman–Crippen LogP) is 0.853. The second kappa shape index (κ2) is 4.37. The van der Waals surface area contributed by atoms with Gasteiger partial charge in [0.1, 0.15) is 5.82 Å². The van der Waals surface area contributed by atoms with E-state index in [4.69, 9.17) is 5.73 Å². The summed E-state index contributed by atoms with van der Waals surface area (Å²) in [6.07, 6.45) is 0. The molecule has 0 aliphatic rings. The molecule has 0 saturated heterocycles. The minimum absolute atomic E-state index is 0.481. The molecule has 1 atom stereocenters. The van der Waals surface area contributed by atoms with Gasteiger partial charge in [-0.15, -0.1) is 0 Å². The lowest BCUT2D eigenvalue weighted by molar-refractivity contribution is 0.628. The van der Waals surface area contributed by atoms with Gasteiger partial charge in [0.2, 0.25) is 5.13 Å². The molecular formula is C7H14N4S. The van der Waals surface area contributed by atoms with E-state index in [9.17, 15) is 0 Å². The summed E-state index contributed by atoms with van der Waals surface area (Å²) < 4.78 is 4.06. The third-order valence-corrected chi connectivity index (χ3v) is 2.30. The molecule has 1 rings (SSSR count). The minimum atomic E-state index is 0.481. The molecule has 0 spiro atoms. The lowest BCUT2D eigenvalue weighted by Gasteiger charge is -2.07. The van der Waals surface area contributed by atoms with E-state index in [0.717, 1.165) is 17.5 Å². The Morgan fingerprint density at radius 2 is 2.42 bits per heavy atom. The van der Waals surface area contributed by atoms with E-state index in [2.05, 4.69) is 21.6 Å². The molecule has 0 aliphatic heterocycles.